The Morgan fingerprint density at radius 1 is 1.00 bits per heavy atom. The Kier molecular flexibility index (Phi) is 10.3. The van der Waals surface area contributed by atoms with E-state index in [9.17, 15) is 9.59 Å². The fourth-order valence-electron chi connectivity index (χ4n) is 6.86. The van der Waals surface area contributed by atoms with E-state index >= 15 is 0 Å². The Balaban J connectivity index is 0.982. The SMILES string of the molecule is CCCCCNc1nc(N)nc2ccn(Cc3ccc(CN4CCN(CCn5cc(CC6C(=O)CC(C)C6=O)nn5)CC4)cc3C)c12. The molecular formula is C35H48N10O2. The summed E-state index contributed by atoms with van der Waals surface area (Å²) in [6.07, 6.45) is 8.13. The number of anilines is 2. The van der Waals surface area contributed by atoms with Crippen LogP contribution in [0.2, 0.25) is 0 Å². The van der Waals surface area contributed by atoms with Crippen LogP contribution in [0.4, 0.5) is 11.8 Å². The van der Waals surface area contributed by atoms with Crippen molar-refractivity contribution in [2.45, 2.75) is 72.5 Å². The van der Waals surface area contributed by atoms with Crippen LogP contribution in [0.15, 0.2) is 36.7 Å². The number of carbonyl (C=O) groups is 2. The lowest BCUT2D eigenvalue weighted by Crippen LogP contribution is -2.46. The lowest BCUT2D eigenvalue weighted by Gasteiger charge is -2.34. The van der Waals surface area contributed by atoms with Crippen molar-refractivity contribution < 1.29 is 9.59 Å². The first-order chi connectivity index (χ1) is 22.8. The molecule has 250 valence electrons. The number of aromatic nitrogens is 6. The molecule has 0 bridgehead atoms. The van der Waals surface area contributed by atoms with Crippen molar-refractivity contribution in [1.82, 2.24) is 39.3 Å². The minimum atomic E-state index is -0.547. The third-order valence-corrected chi connectivity index (χ3v) is 9.69. The summed E-state index contributed by atoms with van der Waals surface area (Å²) in [7, 11) is 0. The van der Waals surface area contributed by atoms with Crippen molar-refractivity contribution in [2.75, 3.05) is 50.3 Å². The molecule has 3 aromatic heterocycles. The van der Waals surface area contributed by atoms with Crippen LogP contribution in [-0.2, 0) is 35.6 Å². The van der Waals surface area contributed by atoms with Gasteiger partial charge in [-0.15, -0.1) is 5.10 Å². The number of nitrogens with one attached hydrogen (secondary N) is 1. The summed E-state index contributed by atoms with van der Waals surface area (Å²) in [5.41, 5.74) is 12.5. The second kappa shape index (κ2) is 14.7. The predicted octanol–water partition coefficient (Wildman–Crippen LogP) is 3.72. The smallest absolute Gasteiger partial charge is 0.222 e. The third-order valence-electron chi connectivity index (χ3n) is 9.69. The number of piperazine rings is 1. The van der Waals surface area contributed by atoms with E-state index in [0.717, 1.165) is 87.9 Å². The van der Waals surface area contributed by atoms with E-state index in [1.165, 1.54) is 29.5 Å². The number of Topliss-reactive ketones (excluding diaryl/α,β-unsaturated/α-hetero) is 2. The average Bonchev–Trinajstić information content (AvgIpc) is 3.74. The predicted molar refractivity (Wildman–Crippen MR) is 183 cm³/mol. The molecule has 3 N–H and O–H groups in total. The molecule has 2 unspecified atom stereocenters. The van der Waals surface area contributed by atoms with Crippen LogP contribution < -0.4 is 11.1 Å². The monoisotopic (exact) mass is 640 g/mol. The Morgan fingerprint density at radius 2 is 1.81 bits per heavy atom. The van der Waals surface area contributed by atoms with Crippen molar-refractivity contribution in [3.05, 3.63) is 59.0 Å². The molecule has 2 aliphatic rings. The van der Waals surface area contributed by atoms with Gasteiger partial charge in [-0.25, -0.2) is 4.98 Å². The zero-order valence-corrected chi connectivity index (χ0v) is 28.0. The summed E-state index contributed by atoms with van der Waals surface area (Å²) < 4.78 is 4.06. The highest BCUT2D eigenvalue weighted by molar-refractivity contribution is 6.09. The first kappa shape index (κ1) is 32.8. The molecule has 0 amide bonds. The first-order valence-corrected chi connectivity index (χ1v) is 17.1. The van der Waals surface area contributed by atoms with Gasteiger partial charge in [0, 0.05) is 83.5 Å². The van der Waals surface area contributed by atoms with Gasteiger partial charge in [0.1, 0.15) is 17.1 Å². The van der Waals surface area contributed by atoms with E-state index in [-0.39, 0.29) is 17.5 Å². The van der Waals surface area contributed by atoms with E-state index in [0.29, 0.717) is 18.8 Å². The summed E-state index contributed by atoms with van der Waals surface area (Å²) in [6.45, 7) is 14.4. The van der Waals surface area contributed by atoms with Gasteiger partial charge >= 0.3 is 0 Å². The van der Waals surface area contributed by atoms with Crippen LogP contribution in [-0.4, -0.2) is 90.2 Å². The molecule has 1 saturated heterocycles. The molecule has 1 saturated carbocycles. The average molecular weight is 641 g/mol. The number of benzene rings is 1. The molecule has 12 nitrogen and oxygen atoms in total. The summed E-state index contributed by atoms with van der Waals surface area (Å²) >= 11 is 0. The van der Waals surface area contributed by atoms with Gasteiger partial charge in [0.25, 0.3) is 0 Å². The maximum Gasteiger partial charge on any atom is 0.222 e. The lowest BCUT2D eigenvalue weighted by atomic mass is 9.99. The number of hydrogen-bond donors (Lipinski definition) is 2. The first-order valence-electron chi connectivity index (χ1n) is 17.1. The number of nitrogens with zero attached hydrogens (tertiary/aromatic N) is 8. The van der Waals surface area contributed by atoms with E-state index in [1.54, 1.807) is 0 Å². The van der Waals surface area contributed by atoms with Gasteiger partial charge in [-0.05, 0) is 36.1 Å². The van der Waals surface area contributed by atoms with Gasteiger partial charge in [-0.1, -0.05) is 50.1 Å². The van der Waals surface area contributed by atoms with Gasteiger partial charge in [0.2, 0.25) is 5.95 Å². The van der Waals surface area contributed by atoms with Crippen LogP contribution in [0.3, 0.4) is 0 Å². The van der Waals surface area contributed by atoms with Crippen molar-refractivity contribution in [2.24, 2.45) is 11.8 Å². The highest BCUT2D eigenvalue weighted by atomic mass is 16.2. The molecule has 0 spiro atoms. The highest BCUT2D eigenvalue weighted by Gasteiger charge is 2.38. The third kappa shape index (κ3) is 7.87. The van der Waals surface area contributed by atoms with Gasteiger partial charge in [-0.2, -0.15) is 4.98 Å². The fourth-order valence-corrected chi connectivity index (χ4v) is 6.86. The normalized spacial score (nSPS) is 19.3. The molecule has 6 rings (SSSR count). The maximum absolute atomic E-state index is 12.3. The van der Waals surface area contributed by atoms with Crippen molar-refractivity contribution in [3.63, 3.8) is 0 Å². The van der Waals surface area contributed by atoms with Gasteiger partial charge < -0.3 is 15.6 Å². The van der Waals surface area contributed by atoms with E-state index < -0.39 is 5.92 Å². The van der Waals surface area contributed by atoms with Crippen LogP contribution in [0.25, 0.3) is 11.0 Å². The number of nitrogens with two attached hydrogens (primary N) is 1. The number of aryl methyl sites for hydroxylation is 1. The van der Waals surface area contributed by atoms with E-state index in [1.807, 2.05) is 23.9 Å². The minimum absolute atomic E-state index is 0.0354. The summed E-state index contributed by atoms with van der Waals surface area (Å²) in [5.74, 6) is 0.455. The molecular weight excluding hydrogens is 592 g/mol. The number of fused-ring (bicyclic) bond motifs is 1. The number of ketones is 2. The quantitative estimate of drug-likeness (QED) is 0.155. The van der Waals surface area contributed by atoms with Gasteiger partial charge in [-0.3, -0.25) is 24.1 Å². The zero-order valence-electron chi connectivity index (χ0n) is 28.0. The summed E-state index contributed by atoms with van der Waals surface area (Å²) in [5, 5.41) is 12.0. The van der Waals surface area contributed by atoms with Crippen LogP contribution in [0.5, 0.6) is 0 Å². The van der Waals surface area contributed by atoms with Crippen LogP contribution in [0, 0.1) is 18.8 Å². The van der Waals surface area contributed by atoms with Crippen molar-refractivity contribution >= 4 is 34.4 Å². The molecule has 1 aliphatic carbocycles. The Morgan fingerprint density at radius 3 is 2.55 bits per heavy atom. The van der Waals surface area contributed by atoms with Crippen LogP contribution in [0.1, 0.15) is 61.9 Å². The standard InChI is InChI=1S/C35H48N10O2/c1-4-5-6-10-37-34-32-30(38-35(36)39-34)9-11-44(32)22-27-8-7-26(18-24(27)2)21-43-14-12-42(13-15-43)16-17-45-23-28(40-41-45)20-29-31(46)19-25(3)33(29)47/h7-9,11,18,23,25,29H,4-6,10,12-17,19-22H2,1-3H3,(H3,36,37,38,39). The molecule has 1 aliphatic heterocycles. The number of nitrogen functional groups attached to an aromatic ring is 1. The Bertz CT molecular complexity index is 1700. The van der Waals surface area contributed by atoms with E-state index in [4.69, 9.17) is 5.73 Å². The molecule has 1 aromatic carbocycles. The molecule has 2 fully saturated rings. The molecule has 2 atom stereocenters. The van der Waals surface area contributed by atoms with Gasteiger partial charge in [0.05, 0.1) is 23.7 Å². The van der Waals surface area contributed by atoms with E-state index in [2.05, 4.69) is 78.2 Å². The maximum atomic E-state index is 12.3. The molecule has 0 radical (unpaired) electrons. The number of rotatable bonds is 14. The number of unbranched alkanes of at least 4 members (excludes halogenated alkanes) is 2. The summed E-state index contributed by atoms with van der Waals surface area (Å²) in [4.78, 5) is 38.5. The zero-order chi connectivity index (χ0) is 32.9. The van der Waals surface area contributed by atoms with Crippen molar-refractivity contribution in [3.8, 4) is 0 Å². The highest BCUT2D eigenvalue weighted by Crippen LogP contribution is 2.27. The Labute approximate surface area is 276 Å². The van der Waals surface area contributed by atoms with Crippen molar-refractivity contribution in [1.29, 1.82) is 0 Å². The summed E-state index contributed by atoms with van der Waals surface area (Å²) in [6, 6.07) is 8.85. The second-order valence-corrected chi connectivity index (χ2v) is 13.3. The number of hydrogen-bond acceptors (Lipinski definition) is 10. The fraction of sp³-hybridized carbons (Fsp3) is 0.543. The number of carbonyl (C=O) groups excluding carboxylic acids is 2. The second-order valence-electron chi connectivity index (χ2n) is 13.3. The molecule has 4 aromatic rings. The minimum Gasteiger partial charge on any atom is -0.368 e. The molecule has 12 heteroatoms. The molecule has 4 heterocycles. The topological polar surface area (TPSA) is 140 Å². The largest absolute Gasteiger partial charge is 0.368 e. The lowest BCUT2D eigenvalue weighted by molar-refractivity contribution is -0.127. The Hall–Kier alpha value is -4.16. The van der Waals surface area contributed by atoms with Crippen LogP contribution >= 0.6 is 0 Å². The molecule has 47 heavy (non-hydrogen) atoms. The van der Waals surface area contributed by atoms with Gasteiger partial charge in [0.15, 0.2) is 5.82 Å².